The zero-order chi connectivity index (χ0) is 22.9. The van der Waals surface area contributed by atoms with Crippen LogP contribution in [0, 0.1) is 0 Å². The van der Waals surface area contributed by atoms with E-state index in [1.54, 1.807) is 20.2 Å². The minimum absolute atomic E-state index is 0.158. The first kappa shape index (κ1) is 22.2. The first-order valence-corrected chi connectivity index (χ1v) is 10.5. The Morgan fingerprint density at radius 3 is 2.88 bits per heavy atom. The molecule has 170 valence electrons. The fourth-order valence-corrected chi connectivity index (χ4v) is 3.92. The second-order valence-electron chi connectivity index (χ2n) is 8.16. The molecule has 0 spiro atoms. The lowest BCUT2D eigenvalue weighted by molar-refractivity contribution is -0.114. The molecule has 3 aromatic rings. The molecular formula is C23H28N4O5. The Morgan fingerprint density at radius 2 is 2.22 bits per heavy atom. The van der Waals surface area contributed by atoms with Crippen molar-refractivity contribution in [3.8, 4) is 17.0 Å². The number of aliphatic hydroxyl groups excluding tert-OH is 1. The molecule has 0 radical (unpaired) electrons. The molecule has 2 unspecified atom stereocenters. The summed E-state index contributed by atoms with van der Waals surface area (Å²) in [4.78, 5) is 20.8. The van der Waals surface area contributed by atoms with Crippen LogP contribution in [0.1, 0.15) is 26.0 Å². The van der Waals surface area contributed by atoms with E-state index >= 15 is 0 Å². The number of aryl methyl sites for hydroxylation is 1. The number of carbonyl (C=O) groups excluding carboxylic acids is 1. The van der Waals surface area contributed by atoms with Gasteiger partial charge in [0.2, 0.25) is 5.91 Å². The number of hydrogen-bond acceptors (Lipinski definition) is 7. The van der Waals surface area contributed by atoms with E-state index < -0.39 is 11.7 Å². The third-order valence-electron chi connectivity index (χ3n) is 5.59. The molecule has 2 atom stereocenters. The van der Waals surface area contributed by atoms with E-state index in [1.165, 1.54) is 6.92 Å². The number of ether oxygens (including phenoxy) is 3. The van der Waals surface area contributed by atoms with E-state index in [4.69, 9.17) is 19.2 Å². The summed E-state index contributed by atoms with van der Waals surface area (Å²) in [6, 6.07) is 5.53. The molecule has 1 amide bonds. The molecule has 1 saturated heterocycles. The van der Waals surface area contributed by atoms with Crippen molar-refractivity contribution in [2.24, 2.45) is 7.05 Å². The molecule has 32 heavy (non-hydrogen) atoms. The Morgan fingerprint density at radius 1 is 1.41 bits per heavy atom. The van der Waals surface area contributed by atoms with E-state index in [-0.39, 0.29) is 12.5 Å². The van der Waals surface area contributed by atoms with Gasteiger partial charge in [-0.3, -0.25) is 4.79 Å². The van der Waals surface area contributed by atoms with Crippen molar-refractivity contribution in [1.82, 2.24) is 14.5 Å². The summed E-state index contributed by atoms with van der Waals surface area (Å²) >= 11 is 0. The smallest absolute Gasteiger partial charge is 0.222 e. The normalized spacial score (nSPS) is 19.3. The molecule has 1 aliphatic rings. The SMILES string of the molecule is COC1(c2cc(OCC(C)O)cc(-c3cn(C)c4cnc(NC(C)=O)cc34)n2)CCOC1. The Bertz CT molecular complexity index is 1130. The lowest BCUT2D eigenvalue weighted by Gasteiger charge is -2.26. The number of amides is 1. The van der Waals surface area contributed by atoms with Gasteiger partial charge in [0.25, 0.3) is 0 Å². The van der Waals surface area contributed by atoms with Gasteiger partial charge in [0.1, 0.15) is 23.8 Å². The van der Waals surface area contributed by atoms with Crippen molar-refractivity contribution in [1.29, 1.82) is 0 Å². The molecule has 3 aromatic heterocycles. The predicted octanol–water partition coefficient (Wildman–Crippen LogP) is 2.62. The summed E-state index contributed by atoms with van der Waals surface area (Å²) < 4.78 is 19.3. The van der Waals surface area contributed by atoms with Crippen LogP contribution in [0.4, 0.5) is 5.82 Å². The Hall–Kier alpha value is -3.01. The highest BCUT2D eigenvalue weighted by atomic mass is 16.5. The molecule has 0 aromatic carbocycles. The number of rotatable bonds is 7. The van der Waals surface area contributed by atoms with Gasteiger partial charge < -0.3 is 29.2 Å². The van der Waals surface area contributed by atoms with Crippen LogP contribution in [-0.2, 0) is 26.9 Å². The van der Waals surface area contributed by atoms with Crippen molar-refractivity contribution in [2.45, 2.75) is 32.0 Å². The van der Waals surface area contributed by atoms with E-state index in [0.29, 0.717) is 42.6 Å². The second-order valence-corrected chi connectivity index (χ2v) is 8.16. The molecule has 4 heterocycles. The standard InChI is InChI=1S/C23H28N4O5/c1-14(28)12-32-16-7-19(26-21(8-16)23(30-4)5-6-31-13-23)18-11-27(3)20-10-24-22(9-17(18)20)25-15(2)29/h7-11,14,28H,5-6,12-13H2,1-4H3,(H,24,25,29). The number of hydrogen-bond donors (Lipinski definition) is 2. The lowest BCUT2D eigenvalue weighted by Crippen LogP contribution is -2.30. The van der Waals surface area contributed by atoms with Gasteiger partial charge in [-0.05, 0) is 13.0 Å². The number of aliphatic hydroxyl groups is 1. The minimum Gasteiger partial charge on any atom is -0.491 e. The van der Waals surface area contributed by atoms with Gasteiger partial charge in [0.15, 0.2) is 0 Å². The van der Waals surface area contributed by atoms with Crippen LogP contribution in [0.3, 0.4) is 0 Å². The molecule has 1 aliphatic heterocycles. The highest BCUT2D eigenvalue weighted by Crippen LogP contribution is 2.38. The zero-order valence-electron chi connectivity index (χ0n) is 18.7. The summed E-state index contributed by atoms with van der Waals surface area (Å²) in [5.41, 5.74) is 2.51. The molecule has 9 heteroatoms. The molecule has 0 bridgehead atoms. The first-order chi connectivity index (χ1) is 15.3. The number of aromatic nitrogens is 3. The van der Waals surface area contributed by atoms with Crippen molar-refractivity contribution in [2.75, 3.05) is 32.2 Å². The molecule has 0 aliphatic carbocycles. The minimum atomic E-state index is -0.660. The highest BCUT2D eigenvalue weighted by molar-refractivity contribution is 5.98. The van der Waals surface area contributed by atoms with Crippen LogP contribution in [0.25, 0.3) is 22.2 Å². The quantitative estimate of drug-likeness (QED) is 0.581. The Balaban J connectivity index is 1.86. The monoisotopic (exact) mass is 440 g/mol. The zero-order valence-corrected chi connectivity index (χ0v) is 18.7. The third kappa shape index (κ3) is 4.32. The summed E-state index contributed by atoms with van der Waals surface area (Å²) in [7, 11) is 3.59. The summed E-state index contributed by atoms with van der Waals surface area (Å²) in [6.45, 7) is 4.27. The largest absolute Gasteiger partial charge is 0.491 e. The number of fused-ring (bicyclic) bond motifs is 1. The van der Waals surface area contributed by atoms with Gasteiger partial charge in [0, 0.05) is 63.4 Å². The third-order valence-corrected chi connectivity index (χ3v) is 5.59. The molecule has 4 rings (SSSR count). The van der Waals surface area contributed by atoms with Crippen molar-refractivity contribution < 1.29 is 24.1 Å². The molecule has 1 fully saturated rings. The van der Waals surface area contributed by atoms with Crippen molar-refractivity contribution >= 4 is 22.6 Å². The number of nitrogens with zero attached hydrogens (tertiary/aromatic N) is 3. The number of anilines is 1. The van der Waals surface area contributed by atoms with E-state index in [1.807, 2.05) is 36.0 Å². The number of carbonyl (C=O) groups is 1. The molecule has 9 nitrogen and oxygen atoms in total. The van der Waals surface area contributed by atoms with Gasteiger partial charge in [-0.1, -0.05) is 0 Å². The van der Waals surface area contributed by atoms with Gasteiger partial charge in [-0.2, -0.15) is 0 Å². The number of methoxy groups -OCH3 is 1. The summed E-state index contributed by atoms with van der Waals surface area (Å²) in [5, 5.41) is 13.3. The van der Waals surface area contributed by atoms with Gasteiger partial charge in [-0.25, -0.2) is 9.97 Å². The summed E-state index contributed by atoms with van der Waals surface area (Å²) in [5.74, 6) is 0.866. The topological polar surface area (TPSA) is 108 Å². The lowest BCUT2D eigenvalue weighted by atomic mass is 9.96. The maximum absolute atomic E-state index is 11.5. The van der Waals surface area contributed by atoms with Gasteiger partial charge in [-0.15, -0.1) is 0 Å². The van der Waals surface area contributed by atoms with Crippen LogP contribution in [0.5, 0.6) is 5.75 Å². The van der Waals surface area contributed by atoms with Crippen molar-refractivity contribution in [3.63, 3.8) is 0 Å². The van der Waals surface area contributed by atoms with E-state index in [0.717, 1.165) is 16.5 Å². The average molecular weight is 441 g/mol. The number of nitrogens with one attached hydrogen (secondary N) is 1. The molecule has 0 saturated carbocycles. The van der Waals surface area contributed by atoms with Crippen LogP contribution < -0.4 is 10.1 Å². The second kappa shape index (κ2) is 8.85. The van der Waals surface area contributed by atoms with Crippen LogP contribution in [-0.4, -0.2) is 58.6 Å². The fourth-order valence-electron chi connectivity index (χ4n) is 3.92. The Labute approximate surface area is 186 Å². The van der Waals surface area contributed by atoms with E-state index in [9.17, 15) is 9.90 Å². The maximum atomic E-state index is 11.5. The van der Waals surface area contributed by atoms with Crippen molar-refractivity contribution in [3.05, 3.63) is 36.3 Å². The fraction of sp³-hybridized carbons (Fsp3) is 0.435. The van der Waals surface area contributed by atoms with E-state index in [2.05, 4.69) is 10.3 Å². The van der Waals surface area contributed by atoms with Crippen LogP contribution in [0.15, 0.2) is 30.6 Å². The highest BCUT2D eigenvalue weighted by Gasteiger charge is 2.39. The van der Waals surface area contributed by atoms with Gasteiger partial charge in [0.05, 0.1) is 35.8 Å². The van der Waals surface area contributed by atoms with Crippen LogP contribution in [0.2, 0.25) is 0 Å². The number of pyridine rings is 2. The summed E-state index contributed by atoms with van der Waals surface area (Å²) in [6.07, 6.45) is 3.77. The predicted molar refractivity (Wildman–Crippen MR) is 120 cm³/mol. The maximum Gasteiger partial charge on any atom is 0.222 e. The average Bonchev–Trinajstić information content (AvgIpc) is 3.37. The first-order valence-electron chi connectivity index (χ1n) is 10.5. The Kier molecular flexibility index (Phi) is 6.14. The molecule has 2 N–H and O–H groups in total. The molecular weight excluding hydrogens is 412 g/mol. The van der Waals surface area contributed by atoms with Crippen LogP contribution >= 0.6 is 0 Å². The van der Waals surface area contributed by atoms with Gasteiger partial charge >= 0.3 is 0 Å².